The van der Waals surface area contributed by atoms with Crippen LogP contribution in [0.15, 0.2) is 36.4 Å². The average molecular weight is 370 g/mol. The lowest BCUT2D eigenvalue weighted by Gasteiger charge is -2.36. The Morgan fingerprint density at radius 3 is 2.59 bits per heavy atom. The lowest BCUT2D eigenvalue weighted by atomic mass is 9.78. The molecule has 0 spiro atoms. The number of hydrogen-bond acceptors (Lipinski definition) is 3. The van der Waals surface area contributed by atoms with Crippen LogP contribution in [-0.2, 0) is 11.2 Å². The molecule has 5 nitrogen and oxygen atoms in total. The van der Waals surface area contributed by atoms with Crippen LogP contribution in [0.1, 0.15) is 56.2 Å². The Bertz CT molecular complexity index is 746. The molecule has 5 heteroatoms. The molecule has 0 aliphatic carbocycles. The Kier molecular flexibility index (Phi) is 6.32. The molecule has 1 amide bonds. The zero-order valence-electron chi connectivity index (χ0n) is 16.7. The van der Waals surface area contributed by atoms with Crippen LogP contribution in [0.4, 0.5) is 0 Å². The molecular weight excluding hydrogens is 338 g/mol. The van der Waals surface area contributed by atoms with Gasteiger partial charge in [0.2, 0.25) is 0 Å². The largest absolute Gasteiger partial charge is 0.381 e. The number of hydrogen-bond donors (Lipinski definition) is 1. The lowest BCUT2D eigenvalue weighted by Crippen LogP contribution is -2.41. The predicted octanol–water partition coefficient (Wildman–Crippen LogP) is 4.01. The smallest absolute Gasteiger partial charge is 0.271 e. The van der Waals surface area contributed by atoms with Crippen LogP contribution in [-0.4, -0.2) is 35.4 Å². The molecule has 0 radical (unpaired) electrons. The van der Waals surface area contributed by atoms with E-state index < -0.39 is 0 Å². The normalized spacial score (nSPS) is 16.4. The minimum atomic E-state index is -0.0889. The van der Waals surface area contributed by atoms with Gasteiger partial charge in [0.15, 0.2) is 5.69 Å². The number of rotatable bonds is 7. The number of nitrogens with zero attached hydrogens (tertiary/aromatic N) is 2. The Hall–Kier alpha value is -2.14. The van der Waals surface area contributed by atoms with Crippen LogP contribution in [0, 0.1) is 11.3 Å². The number of amides is 1. The quantitative estimate of drug-likeness (QED) is 0.802. The summed E-state index contributed by atoms with van der Waals surface area (Å²) >= 11 is 0. The molecule has 0 bridgehead atoms. The number of carbonyl (C=O) groups excluding carboxylic acids is 1. The maximum atomic E-state index is 12.8. The van der Waals surface area contributed by atoms with Crippen LogP contribution in [0.25, 0.3) is 5.69 Å². The Morgan fingerprint density at radius 1 is 1.26 bits per heavy atom. The number of nitrogens with one attached hydrogen (secondary N) is 1. The molecule has 0 atom stereocenters. The van der Waals surface area contributed by atoms with Gasteiger partial charge in [0.1, 0.15) is 0 Å². The fourth-order valence-corrected chi connectivity index (χ4v) is 3.71. The molecule has 1 saturated heterocycles. The first-order valence-corrected chi connectivity index (χ1v) is 10.0. The molecule has 1 aromatic carbocycles. The minimum absolute atomic E-state index is 0.0889. The van der Waals surface area contributed by atoms with E-state index in [-0.39, 0.29) is 11.3 Å². The van der Waals surface area contributed by atoms with Gasteiger partial charge in [-0.25, -0.2) is 4.68 Å². The Balaban J connectivity index is 1.77. The van der Waals surface area contributed by atoms with Crippen LogP contribution >= 0.6 is 0 Å². The van der Waals surface area contributed by atoms with Crippen LogP contribution in [0.2, 0.25) is 0 Å². The van der Waals surface area contributed by atoms with Gasteiger partial charge in [0.05, 0.1) is 5.69 Å². The van der Waals surface area contributed by atoms with Crippen molar-refractivity contribution in [2.24, 2.45) is 11.3 Å². The van der Waals surface area contributed by atoms with E-state index in [9.17, 15) is 4.79 Å². The SMILES string of the molecule is CCC1(CNC(=O)c2cc(CC(C)C)n(-c3ccccc3)n2)CCOCC1. The van der Waals surface area contributed by atoms with E-state index in [0.717, 1.165) is 50.3 Å². The number of aromatic nitrogens is 2. The summed E-state index contributed by atoms with van der Waals surface area (Å²) < 4.78 is 7.40. The first kappa shape index (κ1) is 19.6. The summed E-state index contributed by atoms with van der Waals surface area (Å²) in [5.41, 5.74) is 2.70. The summed E-state index contributed by atoms with van der Waals surface area (Å²) in [5.74, 6) is 0.402. The van der Waals surface area contributed by atoms with E-state index in [0.29, 0.717) is 18.2 Å². The molecule has 2 heterocycles. The second-order valence-electron chi connectivity index (χ2n) is 8.01. The van der Waals surface area contributed by atoms with Crippen molar-refractivity contribution < 1.29 is 9.53 Å². The highest BCUT2D eigenvalue weighted by Crippen LogP contribution is 2.33. The predicted molar refractivity (Wildman–Crippen MR) is 107 cm³/mol. The summed E-state index contributed by atoms with van der Waals surface area (Å²) in [4.78, 5) is 12.8. The van der Waals surface area contributed by atoms with Gasteiger partial charge in [0, 0.05) is 25.5 Å². The van der Waals surface area contributed by atoms with Gasteiger partial charge < -0.3 is 10.1 Å². The summed E-state index contributed by atoms with van der Waals surface area (Å²) in [6, 6.07) is 11.9. The third kappa shape index (κ3) is 4.78. The van der Waals surface area contributed by atoms with E-state index in [4.69, 9.17) is 4.74 Å². The third-order valence-electron chi connectivity index (χ3n) is 5.56. The third-order valence-corrected chi connectivity index (χ3v) is 5.56. The van der Waals surface area contributed by atoms with Crippen molar-refractivity contribution in [2.75, 3.05) is 19.8 Å². The highest BCUT2D eigenvalue weighted by Gasteiger charge is 2.31. The maximum absolute atomic E-state index is 12.8. The van der Waals surface area contributed by atoms with Crippen molar-refractivity contribution in [2.45, 2.75) is 46.5 Å². The van der Waals surface area contributed by atoms with Gasteiger partial charge in [-0.05, 0) is 55.2 Å². The summed E-state index contributed by atoms with van der Waals surface area (Å²) in [7, 11) is 0. The molecule has 2 aromatic rings. The van der Waals surface area contributed by atoms with Crippen molar-refractivity contribution in [1.29, 1.82) is 0 Å². The van der Waals surface area contributed by atoms with Gasteiger partial charge in [0.25, 0.3) is 5.91 Å². The highest BCUT2D eigenvalue weighted by atomic mass is 16.5. The van der Waals surface area contributed by atoms with Crippen molar-refractivity contribution in [3.63, 3.8) is 0 Å². The number of benzene rings is 1. The first-order chi connectivity index (χ1) is 13.0. The molecule has 27 heavy (non-hydrogen) atoms. The molecule has 3 rings (SSSR count). The average Bonchev–Trinajstić information content (AvgIpc) is 3.10. The Labute approximate surface area is 162 Å². The number of ether oxygens (including phenoxy) is 1. The van der Waals surface area contributed by atoms with Crippen molar-refractivity contribution in [3.05, 3.63) is 47.8 Å². The summed E-state index contributed by atoms with van der Waals surface area (Å²) in [6.45, 7) is 8.80. The van der Waals surface area contributed by atoms with E-state index in [1.165, 1.54) is 0 Å². The fraction of sp³-hybridized carbons (Fsp3) is 0.545. The summed E-state index contributed by atoms with van der Waals surface area (Å²) in [6.07, 6.45) is 3.93. The molecule has 0 saturated carbocycles. The lowest BCUT2D eigenvalue weighted by molar-refractivity contribution is 0.0128. The molecule has 1 aliphatic rings. The van der Waals surface area contributed by atoms with Crippen molar-refractivity contribution in [3.8, 4) is 5.69 Å². The van der Waals surface area contributed by atoms with Gasteiger partial charge in [-0.3, -0.25) is 4.79 Å². The van der Waals surface area contributed by atoms with Gasteiger partial charge in [-0.2, -0.15) is 5.10 Å². The molecule has 1 N–H and O–H groups in total. The van der Waals surface area contributed by atoms with E-state index in [1.807, 2.05) is 41.1 Å². The van der Waals surface area contributed by atoms with Crippen LogP contribution < -0.4 is 5.32 Å². The van der Waals surface area contributed by atoms with Crippen LogP contribution in [0.3, 0.4) is 0 Å². The van der Waals surface area contributed by atoms with E-state index >= 15 is 0 Å². The molecule has 0 unspecified atom stereocenters. The second-order valence-corrected chi connectivity index (χ2v) is 8.01. The highest BCUT2D eigenvalue weighted by molar-refractivity contribution is 5.92. The minimum Gasteiger partial charge on any atom is -0.381 e. The molecule has 1 fully saturated rings. The van der Waals surface area contributed by atoms with E-state index in [1.54, 1.807) is 0 Å². The first-order valence-electron chi connectivity index (χ1n) is 10.0. The van der Waals surface area contributed by atoms with Crippen molar-refractivity contribution >= 4 is 5.91 Å². The topological polar surface area (TPSA) is 56.2 Å². The second kappa shape index (κ2) is 8.70. The summed E-state index contributed by atoms with van der Waals surface area (Å²) in [5, 5.41) is 7.76. The van der Waals surface area contributed by atoms with Crippen molar-refractivity contribution in [1.82, 2.24) is 15.1 Å². The molecular formula is C22H31N3O2. The zero-order valence-corrected chi connectivity index (χ0v) is 16.7. The Morgan fingerprint density at radius 2 is 1.96 bits per heavy atom. The number of para-hydroxylation sites is 1. The number of carbonyl (C=O) groups is 1. The maximum Gasteiger partial charge on any atom is 0.271 e. The van der Waals surface area contributed by atoms with Crippen LogP contribution in [0.5, 0.6) is 0 Å². The molecule has 1 aromatic heterocycles. The fourth-order valence-electron chi connectivity index (χ4n) is 3.71. The standard InChI is InChI=1S/C22H31N3O2/c1-4-22(10-12-27-13-11-22)16-23-21(26)20-15-19(14-17(2)3)25(24-20)18-8-6-5-7-9-18/h5-9,15,17H,4,10-14,16H2,1-3H3,(H,23,26). The molecule has 146 valence electrons. The van der Waals surface area contributed by atoms with Gasteiger partial charge >= 0.3 is 0 Å². The molecule has 1 aliphatic heterocycles. The van der Waals surface area contributed by atoms with Gasteiger partial charge in [-0.1, -0.05) is 39.0 Å². The van der Waals surface area contributed by atoms with E-state index in [2.05, 4.69) is 31.2 Å². The zero-order chi connectivity index (χ0) is 19.3. The monoisotopic (exact) mass is 369 g/mol. The van der Waals surface area contributed by atoms with Gasteiger partial charge in [-0.15, -0.1) is 0 Å².